The van der Waals surface area contributed by atoms with Gasteiger partial charge in [0.1, 0.15) is 4.90 Å². The van der Waals surface area contributed by atoms with Gasteiger partial charge in [-0.05, 0) is 18.2 Å². The second-order valence-electron chi connectivity index (χ2n) is 4.17. The van der Waals surface area contributed by atoms with Gasteiger partial charge in [-0.1, -0.05) is 24.3 Å². The highest BCUT2D eigenvalue weighted by molar-refractivity contribution is 7.86. The van der Waals surface area contributed by atoms with Crippen LogP contribution in [0.1, 0.15) is 0 Å². The molecule has 0 atom stereocenters. The Kier molecular flexibility index (Phi) is 2.44. The van der Waals surface area contributed by atoms with E-state index < -0.39 is 10.1 Å². The standard InChI is InChI=1S/C13H10N2O3S/c14-13-8-4-1-2-5-9(8)15-10-6-3-7-11(12(10)13)19(16,17)18/h1-7H,(H2,14,15)(H,16,17,18). The molecule has 0 bridgehead atoms. The molecule has 0 aliphatic rings. The van der Waals surface area contributed by atoms with E-state index >= 15 is 0 Å². The molecule has 19 heavy (non-hydrogen) atoms. The van der Waals surface area contributed by atoms with Gasteiger partial charge in [-0.3, -0.25) is 4.55 Å². The Morgan fingerprint density at radius 3 is 2.42 bits per heavy atom. The average Bonchev–Trinajstić information content (AvgIpc) is 2.37. The number of aromatic nitrogens is 1. The fourth-order valence-corrected chi connectivity index (χ4v) is 2.88. The zero-order chi connectivity index (χ0) is 13.6. The molecule has 0 aliphatic carbocycles. The van der Waals surface area contributed by atoms with E-state index in [4.69, 9.17) is 5.73 Å². The number of anilines is 1. The van der Waals surface area contributed by atoms with Crippen LogP contribution in [-0.2, 0) is 10.1 Å². The quantitative estimate of drug-likeness (QED) is 0.524. The van der Waals surface area contributed by atoms with Crippen LogP contribution in [0.2, 0.25) is 0 Å². The fourth-order valence-electron chi connectivity index (χ4n) is 2.16. The SMILES string of the molecule is Nc1c2ccccc2nc2cccc(S(=O)(=O)O)c12. The highest BCUT2D eigenvalue weighted by Crippen LogP contribution is 2.32. The van der Waals surface area contributed by atoms with Crippen LogP contribution in [-0.4, -0.2) is 18.0 Å². The van der Waals surface area contributed by atoms with Crippen LogP contribution in [0.25, 0.3) is 21.8 Å². The van der Waals surface area contributed by atoms with Gasteiger partial charge in [0.25, 0.3) is 10.1 Å². The molecular weight excluding hydrogens is 264 g/mol. The van der Waals surface area contributed by atoms with E-state index in [2.05, 4.69) is 4.98 Å². The molecule has 0 aliphatic heterocycles. The van der Waals surface area contributed by atoms with Crippen molar-refractivity contribution < 1.29 is 13.0 Å². The van der Waals surface area contributed by atoms with Gasteiger partial charge in [0, 0.05) is 10.8 Å². The van der Waals surface area contributed by atoms with E-state index in [1.807, 2.05) is 6.07 Å². The molecular formula is C13H10N2O3S. The average molecular weight is 274 g/mol. The van der Waals surface area contributed by atoms with E-state index in [0.717, 1.165) is 0 Å². The number of benzene rings is 2. The molecule has 3 N–H and O–H groups in total. The Labute approximate surface area is 109 Å². The van der Waals surface area contributed by atoms with Crippen molar-refractivity contribution in [3.05, 3.63) is 42.5 Å². The van der Waals surface area contributed by atoms with Crippen LogP contribution in [0.15, 0.2) is 47.4 Å². The topological polar surface area (TPSA) is 93.3 Å². The third kappa shape index (κ3) is 1.81. The van der Waals surface area contributed by atoms with E-state index in [1.165, 1.54) is 12.1 Å². The summed E-state index contributed by atoms with van der Waals surface area (Å²) in [5.74, 6) is 0. The van der Waals surface area contributed by atoms with Crippen molar-refractivity contribution >= 4 is 37.6 Å². The second kappa shape index (κ2) is 3.91. The van der Waals surface area contributed by atoms with Crippen molar-refractivity contribution in [3.8, 4) is 0 Å². The highest BCUT2D eigenvalue weighted by Gasteiger charge is 2.17. The Hall–Kier alpha value is -2.18. The molecule has 0 unspecified atom stereocenters. The first kappa shape index (κ1) is 11.9. The van der Waals surface area contributed by atoms with Gasteiger partial charge in [0.05, 0.1) is 16.7 Å². The van der Waals surface area contributed by atoms with Crippen molar-refractivity contribution in [2.75, 3.05) is 5.73 Å². The smallest absolute Gasteiger partial charge is 0.295 e. The van der Waals surface area contributed by atoms with E-state index in [0.29, 0.717) is 22.1 Å². The van der Waals surface area contributed by atoms with E-state index in [9.17, 15) is 13.0 Å². The summed E-state index contributed by atoms with van der Waals surface area (Å²) in [5, 5.41) is 0.912. The van der Waals surface area contributed by atoms with Crippen molar-refractivity contribution in [3.63, 3.8) is 0 Å². The van der Waals surface area contributed by atoms with Gasteiger partial charge in [0.15, 0.2) is 0 Å². The number of rotatable bonds is 1. The number of nitrogen functional groups attached to an aromatic ring is 1. The van der Waals surface area contributed by atoms with Gasteiger partial charge >= 0.3 is 0 Å². The molecule has 1 aromatic heterocycles. The van der Waals surface area contributed by atoms with Crippen LogP contribution in [0.4, 0.5) is 5.69 Å². The van der Waals surface area contributed by atoms with Gasteiger partial charge < -0.3 is 5.73 Å². The summed E-state index contributed by atoms with van der Waals surface area (Å²) in [4.78, 5) is 4.14. The molecule has 6 heteroatoms. The molecule has 0 spiro atoms. The third-order valence-electron chi connectivity index (χ3n) is 2.99. The molecule has 2 aromatic carbocycles. The Balaban J connectivity index is 2.60. The predicted octanol–water partition coefficient (Wildman–Crippen LogP) is 2.22. The number of para-hydroxylation sites is 1. The number of pyridine rings is 1. The number of fused-ring (bicyclic) bond motifs is 2. The van der Waals surface area contributed by atoms with Crippen LogP contribution >= 0.6 is 0 Å². The maximum atomic E-state index is 11.4. The summed E-state index contributed by atoms with van der Waals surface area (Å²) in [6.07, 6.45) is 0. The minimum Gasteiger partial charge on any atom is -0.398 e. The molecule has 5 nitrogen and oxygen atoms in total. The molecule has 3 rings (SSSR count). The summed E-state index contributed by atoms with van der Waals surface area (Å²) in [7, 11) is -4.34. The van der Waals surface area contributed by atoms with Crippen molar-refractivity contribution in [2.45, 2.75) is 4.90 Å². The number of hydrogen-bond acceptors (Lipinski definition) is 4. The summed E-state index contributed by atoms with van der Waals surface area (Å²) in [5.41, 5.74) is 7.45. The summed E-state index contributed by atoms with van der Waals surface area (Å²) < 4.78 is 32.1. The monoisotopic (exact) mass is 274 g/mol. The Morgan fingerprint density at radius 1 is 1.00 bits per heavy atom. The zero-order valence-corrected chi connectivity index (χ0v) is 10.6. The lowest BCUT2D eigenvalue weighted by Gasteiger charge is -2.09. The molecule has 0 saturated heterocycles. The summed E-state index contributed by atoms with van der Waals surface area (Å²) in [6, 6.07) is 11.7. The van der Waals surface area contributed by atoms with Gasteiger partial charge in [-0.15, -0.1) is 0 Å². The summed E-state index contributed by atoms with van der Waals surface area (Å²) >= 11 is 0. The van der Waals surface area contributed by atoms with Crippen LogP contribution < -0.4 is 5.73 Å². The highest BCUT2D eigenvalue weighted by atomic mass is 32.2. The molecule has 3 aromatic rings. The lowest BCUT2D eigenvalue weighted by atomic mass is 10.1. The fraction of sp³-hybridized carbons (Fsp3) is 0. The molecule has 96 valence electrons. The number of nitrogens with zero attached hydrogens (tertiary/aromatic N) is 1. The van der Waals surface area contributed by atoms with Gasteiger partial charge in [-0.25, -0.2) is 4.98 Å². The lowest BCUT2D eigenvalue weighted by molar-refractivity contribution is 0.484. The second-order valence-corrected chi connectivity index (χ2v) is 5.56. The third-order valence-corrected chi connectivity index (χ3v) is 3.88. The van der Waals surface area contributed by atoms with Crippen LogP contribution in [0.3, 0.4) is 0 Å². The molecule has 1 heterocycles. The first-order chi connectivity index (χ1) is 8.98. The minimum atomic E-state index is -4.34. The zero-order valence-electron chi connectivity index (χ0n) is 9.74. The van der Waals surface area contributed by atoms with Crippen molar-refractivity contribution in [2.24, 2.45) is 0 Å². The normalized spacial score (nSPS) is 12.1. The van der Waals surface area contributed by atoms with Crippen LogP contribution in [0, 0.1) is 0 Å². The van der Waals surface area contributed by atoms with Crippen molar-refractivity contribution in [1.82, 2.24) is 4.98 Å². The van der Waals surface area contributed by atoms with Gasteiger partial charge in [0.2, 0.25) is 0 Å². The Morgan fingerprint density at radius 2 is 1.68 bits per heavy atom. The first-order valence-electron chi connectivity index (χ1n) is 5.53. The van der Waals surface area contributed by atoms with Gasteiger partial charge in [-0.2, -0.15) is 8.42 Å². The van der Waals surface area contributed by atoms with Crippen molar-refractivity contribution in [1.29, 1.82) is 0 Å². The molecule has 0 radical (unpaired) electrons. The van der Waals surface area contributed by atoms with E-state index in [1.54, 1.807) is 24.3 Å². The first-order valence-corrected chi connectivity index (χ1v) is 6.97. The maximum absolute atomic E-state index is 11.4. The largest absolute Gasteiger partial charge is 0.398 e. The van der Waals surface area contributed by atoms with Crippen LogP contribution in [0.5, 0.6) is 0 Å². The number of nitrogens with two attached hydrogens (primary N) is 1. The molecule has 0 fully saturated rings. The maximum Gasteiger partial charge on any atom is 0.295 e. The van der Waals surface area contributed by atoms with E-state index in [-0.39, 0.29) is 10.3 Å². The minimum absolute atomic E-state index is 0.222. The lowest BCUT2D eigenvalue weighted by Crippen LogP contribution is -2.02. The number of hydrogen-bond donors (Lipinski definition) is 2. The Bertz CT molecular complexity index is 904. The molecule has 0 amide bonds. The summed E-state index contributed by atoms with van der Waals surface area (Å²) in [6.45, 7) is 0. The predicted molar refractivity (Wildman–Crippen MR) is 73.5 cm³/mol. The molecule has 0 saturated carbocycles.